The van der Waals surface area contributed by atoms with Gasteiger partial charge in [0.2, 0.25) is 5.91 Å². The first-order valence-corrected chi connectivity index (χ1v) is 9.51. The van der Waals surface area contributed by atoms with Gasteiger partial charge in [0.05, 0.1) is 24.2 Å². The van der Waals surface area contributed by atoms with Crippen LogP contribution in [0, 0.1) is 0 Å². The molecule has 3 aromatic rings. The summed E-state index contributed by atoms with van der Waals surface area (Å²) in [6, 6.07) is 9.73. The number of para-hydroxylation sites is 2. The summed E-state index contributed by atoms with van der Waals surface area (Å²) in [5.41, 5.74) is 0.353. The van der Waals surface area contributed by atoms with Crippen molar-refractivity contribution in [2.75, 3.05) is 11.1 Å². The van der Waals surface area contributed by atoms with E-state index in [-0.39, 0.29) is 35.6 Å². The Labute approximate surface area is 165 Å². The number of rotatable bonds is 8. The number of hydrogen-bond acceptors (Lipinski definition) is 7. The Morgan fingerprint density at radius 1 is 1.21 bits per heavy atom. The molecule has 3 rings (SSSR count). The number of amides is 2. The summed E-state index contributed by atoms with van der Waals surface area (Å²) in [5, 5.41) is 23.8. The number of furan rings is 1. The minimum atomic E-state index is -0.341. The van der Waals surface area contributed by atoms with Crippen LogP contribution in [0.3, 0.4) is 0 Å². The van der Waals surface area contributed by atoms with Crippen LogP contribution in [0.5, 0.6) is 5.75 Å². The molecular weight excluding hydrogens is 382 g/mol. The third kappa shape index (κ3) is 4.71. The Hall–Kier alpha value is -3.27. The Balaban J connectivity index is 1.56. The summed E-state index contributed by atoms with van der Waals surface area (Å²) in [7, 11) is 0. The predicted octanol–water partition coefficient (Wildman–Crippen LogP) is 2.26. The van der Waals surface area contributed by atoms with Gasteiger partial charge in [0.25, 0.3) is 5.91 Å². The van der Waals surface area contributed by atoms with Gasteiger partial charge in [-0.2, -0.15) is 0 Å². The number of carbonyl (C=O) groups is 2. The van der Waals surface area contributed by atoms with E-state index in [1.165, 1.54) is 24.1 Å². The molecule has 146 valence electrons. The molecule has 0 saturated heterocycles. The topological polar surface area (TPSA) is 122 Å². The Kier molecular flexibility index (Phi) is 6.33. The van der Waals surface area contributed by atoms with E-state index in [0.29, 0.717) is 23.2 Å². The number of benzene rings is 1. The lowest BCUT2D eigenvalue weighted by molar-refractivity contribution is -0.113. The van der Waals surface area contributed by atoms with Gasteiger partial charge >= 0.3 is 0 Å². The van der Waals surface area contributed by atoms with E-state index < -0.39 is 0 Å². The first kappa shape index (κ1) is 19.5. The van der Waals surface area contributed by atoms with Crippen molar-refractivity contribution in [3.05, 3.63) is 54.2 Å². The fourth-order valence-corrected chi connectivity index (χ4v) is 3.25. The molecule has 3 N–H and O–H groups in total. The highest BCUT2D eigenvalue weighted by Gasteiger charge is 2.15. The van der Waals surface area contributed by atoms with Crippen molar-refractivity contribution in [2.24, 2.45) is 0 Å². The van der Waals surface area contributed by atoms with Crippen LogP contribution in [0.25, 0.3) is 0 Å². The number of anilines is 1. The number of nitrogens with zero attached hydrogens (tertiary/aromatic N) is 3. The Bertz CT molecular complexity index is 955. The lowest BCUT2D eigenvalue weighted by Gasteiger charge is -2.09. The van der Waals surface area contributed by atoms with Gasteiger partial charge in [0, 0.05) is 6.54 Å². The summed E-state index contributed by atoms with van der Waals surface area (Å²) in [6.45, 7) is 2.70. The molecule has 0 radical (unpaired) electrons. The summed E-state index contributed by atoms with van der Waals surface area (Å²) in [4.78, 5) is 24.1. The fourth-order valence-electron chi connectivity index (χ4n) is 2.42. The van der Waals surface area contributed by atoms with E-state index in [0.717, 1.165) is 0 Å². The van der Waals surface area contributed by atoms with Crippen LogP contribution < -0.4 is 10.6 Å². The van der Waals surface area contributed by atoms with Gasteiger partial charge in [-0.05, 0) is 31.2 Å². The predicted molar refractivity (Wildman–Crippen MR) is 103 cm³/mol. The Morgan fingerprint density at radius 3 is 2.75 bits per heavy atom. The molecule has 2 heterocycles. The quantitative estimate of drug-likeness (QED) is 0.391. The second-order valence-corrected chi connectivity index (χ2v) is 6.60. The molecule has 0 atom stereocenters. The minimum Gasteiger partial charge on any atom is -0.506 e. The Morgan fingerprint density at radius 2 is 2.04 bits per heavy atom. The number of phenolic OH excluding ortho intramolecular Hbond substituents is 1. The van der Waals surface area contributed by atoms with Crippen molar-refractivity contribution in [3.8, 4) is 5.75 Å². The molecule has 0 fully saturated rings. The number of phenols is 1. The summed E-state index contributed by atoms with van der Waals surface area (Å²) < 4.78 is 6.87. The van der Waals surface area contributed by atoms with Gasteiger partial charge < -0.3 is 24.7 Å². The number of carbonyl (C=O) groups excluding carboxylic acids is 2. The maximum atomic E-state index is 12.1. The summed E-state index contributed by atoms with van der Waals surface area (Å²) >= 11 is 1.22. The normalized spacial score (nSPS) is 10.6. The third-order valence-electron chi connectivity index (χ3n) is 3.77. The highest BCUT2D eigenvalue weighted by atomic mass is 32.2. The first-order valence-electron chi connectivity index (χ1n) is 8.53. The monoisotopic (exact) mass is 401 g/mol. The van der Waals surface area contributed by atoms with Crippen molar-refractivity contribution >= 4 is 29.3 Å². The zero-order valence-corrected chi connectivity index (χ0v) is 15.9. The lowest BCUT2D eigenvalue weighted by atomic mass is 10.3. The van der Waals surface area contributed by atoms with E-state index in [4.69, 9.17) is 4.42 Å². The number of thioether (sulfide) groups is 1. The largest absolute Gasteiger partial charge is 0.506 e. The fraction of sp³-hybridized carbons (Fsp3) is 0.222. The van der Waals surface area contributed by atoms with Crippen molar-refractivity contribution in [1.29, 1.82) is 0 Å². The second-order valence-electron chi connectivity index (χ2n) is 5.66. The SMILES string of the molecule is CCn1c(CNC(=O)c2ccco2)nnc1SCC(=O)Nc1ccccc1O. The number of nitrogens with one attached hydrogen (secondary N) is 2. The standard InChI is InChI=1S/C18H19N5O4S/c1-2-23-15(10-19-17(26)14-8-5-9-27-14)21-22-18(23)28-11-16(25)20-12-6-3-4-7-13(12)24/h3-9,24H,2,10-11H2,1H3,(H,19,26)(H,20,25). The molecule has 0 aliphatic rings. The molecule has 0 spiro atoms. The van der Waals surface area contributed by atoms with Gasteiger partial charge in [-0.25, -0.2) is 0 Å². The number of aromatic hydroxyl groups is 1. The van der Waals surface area contributed by atoms with Gasteiger partial charge in [-0.3, -0.25) is 9.59 Å². The van der Waals surface area contributed by atoms with Gasteiger partial charge in [0.15, 0.2) is 16.7 Å². The van der Waals surface area contributed by atoms with Crippen LogP contribution in [-0.4, -0.2) is 37.4 Å². The van der Waals surface area contributed by atoms with E-state index in [1.807, 2.05) is 11.5 Å². The van der Waals surface area contributed by atoms with Gasteiger partial charge in [-0.1, -0.05) is 23.9 Å². The molecule has 0 aliphatic heterocycles. The van der Waals surface area contributed by atoms with E-state index in [9.17, 15) is 14.7 Å². The van der Waals surface area contributed by atoms with Crippen molar-refractivity contribution in [3.63, 3.8) is 0 Å². The van der Waals surface area contributed by atoms with E-state index >= 15 is 0 Å². The zero-order chi connectivity index (χ0) is 19.9. The van der Waals surface area contributed by atoms with Crippen molar-refractivity contribution in [2.45, 2.75) is 25.2 Å². The van der Waals surface area contributed by atoms with Crippen LogP contribution in [0.4, 0.5) is 5.69 Å². The molecule has 2 aromatic heterocycles. The molecular formula is C18H19N5O4S. The summed E-state index contributed by atoms with van der Waals surface area (Å²) in [5.74, 6) is 0.290. The highest BCUT2D eigenvalue weighted by molar-refractivity contribution is 7.99. The lowest BCUT2D eigenvalue weighted by Crippen LogP contribution is -2.24. The van der Waals surface area contributed by atoms with Crippen LogP contribution in [0.2, 0.25) is 0 Å². The molecule has 0 saturated carbocycles. The highest BCUT2D eigenvalue weighted by Crippen LogP contribution is 2.23. The minimum absolute atomic E-state index is 0.00663. The van der Waals surface area contributed by atoms with Crippen LogP contribution >= 0.6 is 11.8 Å². The maximum Gasteiger partial charge on any atom is 0.287 e. The van der Waals surface area contributed by atoms with Crippen molar-refractivity contribution < 1.29 is 19.1 Å². The molecule has 28 heavy (non-hydrogen) atoms. The van der Waals surface area contributed by atoms with Gasteiger partial charge in [-0.15, -0.1) is 10.2 Å². The van der Waals surface area contributed by atoms with Gasteiger partial charge in [0.1, 0.15) is 5.75 Å². The smallest absolute Gasteiger partial charge is 0.287 e. The summed E-state index contributed by atoms with van der Waals surface area (Å²) in [6.07, 6.45) is 1.43. The second kappa shape index (κ2) is 9.09. The molecule has 10 heteroatoms. The maximum absolute atomic E-state index is 12.1. The molecule has 0 aliphatic carbocycles. The zero-order valence-electron chi connectivity index (χ0n) is 15.1. The molecule has 1 aromatic carbocycles. The molecule has 9 nitrogen and oxygen atoms in total. The van der Waals surface area contributed by atoms with Crippen LogP contribution in [-0.2, 0) is 17.9 Å². The van der Waals surface area contributed by atoms with Crippen molar-refractivity contribution in [1.82, 2.24) is 20.1 Å². The van der Waals surface area contributed by atoms with Crippen LogP contribution in [0.1, 0.15) is 23.3 Å². The molecule has 0 bridgehead atoms. The average molecular weight is 401 g/mol. The van der Waals surface area contributed by atoms with E-state index in [2.05, 4.69) is 20.8 Å². The number of hydrogen-bond donors (Lipinski definition) is 3. The number of aromatic nitrogens is 3. The molecule has 2 amide bonds. The van der Waals surface area contributed by atoms with Crippen LogP contribution in [0.15, 0.2) is 52.2 Å². The molecule has 0 unspecified atom stereocenters. The average Bonchev–Trinajstić information content (AvgIpc) is 3.36. The van der Waals surface area contributed by atoms with E-state index in [1.54, 1.807) is 30.3 Å². The first-order chi connectivity index (χ1) is 13.6. The third-order valence-corrected chi connectivity index (χ3v) is 4.74.